The number of carbonyl (C=O) groups excluding carboxylic acids is 1. The number of rotatable bonds is 8. The zero-order valence-corrected chi connectivity index (χ0v) is 13.4. The summed E-state index contributed by atoms with van der Waals surface area (Å²) in [5, 5.41) is 5.76. The Balaban J connectivity index is 2.25. The molecule has 5 heteroatoms. The first-order valence-corrected chi connectivity index (χ1v) is 7.70. The minimum Gasteiger partial charge on any atom is -0.399 e. The molecule has 1 aromatic rings. The summed E-state index contributed by atoms with van der Waals surface area (Å²) >= 11 is 0. The number of carbonyl (C=O) groups is 1. The molecule has 0 saturated carbocycles. The topological polar surface area (TPSA) is 70.4 Å². The fourth-order valence-electron chi connectivity index (χ4n) is 2.19. The second kappa shape index (κ2) is 9.23. The normalized spacial score (nSPS) is 12.2. The van der Waals surface area contributed by atoms with Crippen molar-refractivity contribution < 1.29 is 4.79 Å². The second-order valence-corrected chi connectivity index (χ2v) is 5.29. The van der Waals surface area contributed by atoms with Gasteiger partial charge in [0.25, 0.3) is 0 Å². The van der Waals surface area contributed by atoms with E-state index >= 15 is 0 Å². The Bertz CT molecular complexity index is 415. The van der Waals surface area contributed by atoms with Crippen LogP contribution in [0.15, 0.2) is 24.3 Å². The predicted molar refractivity (Wildman–Crippen MR) is 89.5 cm³/mol. The number of amides is 2. The lowest BCUT2D eigenvalue weighted by molar-refractivity contribution is 0.247. The van der Waals surface area contributed by atoms with Crippen molar-refractivity contribution in [3.63, 3.8) is 0 Å². The van der Waals surface area contributed by atoms with Gasteiger partial charge in [-0.25, -0.2) is 4.79 Å². The number of urea groups is 1. The maximum Gasteiger partial charge on any atom is 0.319 e. The van der Waals surface area contributed by atoms with Crippen LogP contribution in [0.4, 0.5) is 16.2 Å². The summed E-state index contributed by atoms with van der Waals surface area (Å²) in [6.07, 6.45) is 2.07. The monoisotopic (exact) mass is 292 g/mol. The smallest absolute Gasteiger partial charge is 0.319 e. The van der Waals surface area contributed by atoms with E-state index in [-0.39, 0.29) is 12.1 Å². The molecule has 5 nitrogen and oxygen atoms in total. The molecule has 0 aromatic heterocycles. The molecule has 1 rings (SSSR count). The van der Waals surface area contributed by atoms with E-state index in [4.69, 9.17) is 5.73 Å². The highest BCUT2D eigenvalue weighted by atomic mass is 16.2. The highest BCUT2D eigenvalue weighted by Gasteiger charge is 2.08. The van der Waals surface area contributed by atoms with Crippen LogP contribution in [0.5, 0.6) is 0 Å². The molecule has 2 amide bonds. The van der Waals surface area contributed by atoms with Gasteiger partial charge in [0.05, 0.1) is 0 Å². The molecule has 118 valence electrons. The van der Waals surface area contributed by atoms with Crippen LogP contribution in [0, 0.1) is 0 Å². The van der Waals surface area contributed by atoms with E-state index in [1.54, 1.807) is 24.3 Å². The van der Waals surface area contributed by atoms with Crippen molar-refractivity contribution >= 4 is 17.4 Å². The zero-order valence-electron chi connectivity index (χ0n) is 13.4. The van der Waals surface area contributed by atoms with Crippen LogP contribution >= 0.6 is 0 Å². The number of hydrogen-bond acceptors (Lipinski definition) is 3. The lowest BCUT2D eigenvalue weighted by atomic mass is 10.2. The van der Waals surface area contributed by atoms with Crippen molar-refractivity contribution in [1.29, 1.82) is 0 Å². The molecule has 0 saturated heterocycles. The van der Waals surface area contributed by atoms with Gasteiger partial charge in [-0.3, -0.25) is 0 Å². The van der Waals surface area contributed by atoms with Crippen LogP contribution in [0.3, 0.4) is 0 Å². The van der Waals surface area contributed by atoms with Crippen LogP contribution < -0.4 is 16.4 Å². The van der Waals surface area contributed by atoms with E-state index in [1.807, 2.05) is 6.92 Å². The van der Waals surface area contributed by atoms with Crippen molar-refractivity contribution in [2.24, 2.45) is 0 Å². The molecule has 1 unspecified atom stereocenters. The van der Waals surface area contributed by atoms with Crippen molar-refractivity contribution in [2.75, 3.05) is 30.7 Å². The van der Waals surface area contributed by atoms with Crippen molar-refractivity contribution in [2.45, 2.75) is 39.7 Å². The average molecular weight is 292 g/mol. The Labute approximate surface area is 127 Å². The first-order chi connectivity index (χ1) is 10.0. The lowest BCUT2D eigenvalue weighted by Crippen LogP contribution is -2.36. The van der Waals surface area contributed by atoms with E-state index in [2.05, 4.69) is 29.4 Å². The average Bonchev–Trinajstić information content (AvgIpc) is 2.46. The minimum absolute atomic E-state index is 0.161. The highest BCUT2D eigenvalue weighted by molar-refractivity contribution is 5.89. The molecule has 0 bridgehead atoms. The molecule has 0 aliphatic heterocycles. The van der Waals surface area contributed by atoms with E-state index in [1.165, 1.54) is 0 Å². The van der Waals surface area contributed by atoms with E-state index < -0.39 is 0 Å². The Kier molecular flexibility index (Phi) is 7.61. The number of anilines is 2. The summed E-state index contributed by atoms with van der Waals surface area (Å²) in [5.74, 6) is 0. The first kappa shape index (κ1) is 17.3. The highest BCUT2D eigenvalue weighted by Crippen LogP contribution is 2.10. The minimum atomic E-state index is -0.171. The number of benzene rings is 1. The van der Waals surface area contributed by atoms with Crippen molar-refractivity contribution in [3.05, 3.63) is 24.3 Å². The molecule has 1 aromatic carbocycles. The van der Waals surface area contributed by atoms with Crippen LogP contribution in [-0.4, -0.2) is 36.6 Å². The molecular weight excluding hydrogens is 264 g/mol. The van der Waals surface area contributed by atoms with E-state index in [0.29, 0.717) is 5.69 Å². The van der Waals surface area contributed by atoms with Crippen LogP contribution in [-0.2, 0) is 0 Å². The first-order valence-electron chi connectivity index (χ1n) is 7.70. The standard InChI is InChI=1S/C16H28N4O/c1-4-20(5-2)12-6-7-13(3)18-16(21)19-15-10-8-14(17)9-11-15/h8-11,13H,4-7,12,17H2,1-3H3,(H2,18,19,21). The van der Waals surface area contributed by atoms with Gasteiger partial charge < -0.3 is 21.3 Å². The molecule has 0 radical (unpaired) electrons. The van der Waals surface area contributed by atoms with E-state index in [9.17, 15) is 4.79 Å². The molecule has 0 aliphatic carbocycles. The van der Waals surface area contributed by atoms with E-state index in [0.717, 1.165) is 38.2 Å². The quantitative estimate of drug-likeness (QED) is 0.645. The Morgan fingerprint density at radius 3 is 2.43 bits per heavy atom. The Hall–Kier alpha value is -1.75. The summed E-state index contributed by atoms with van der Waals surface area (Å²) in [5.41, 5.74) is 7.04. The third-order valence-electron chi connectivity index (χ3n) is 3.55. The fraction of sp³-hybridized carbons (Fsp3) is 0.562. The van der Waals surface area contributed by atoms with Gasteiger partial charge in [0.1, 0.15) is 0 Å². The molecular formula is C16H28N4O. The van der Waals surface area contributed by atoms with Crippen LogP contribution in [0.25, 0.3) is 0 Å². The molecule has 0 aliphatic rings. The van der Waals surface area contributed by atoms with Gasteiger partial charge in [-0.15, -0.1) is 0 Å². The fourth-order valence-corrected chi connectivity index (χ4v) is 2.19. The maximum absolute atomic E-state index is 11.9. The maximum atomic E-state index is 11.9. The number of nitrogens with two attached hydrogens (primary N) is 1. The van der Waals surface area contributed by atoms with Gasteiger partial charge in [-0.1, -0.05) is 13.8 Å². The number of nitrogens with zero attached hydrogens (tertiary/aromatic N) is 1. The Morgan fingerprint density at radius 2 is 1.86 bits per heavy atom. The third kappa shape index (κ3) is 6.99. The molecule has 21 heavy (non-hydrogen) atoms. The van der Waals surface area contributed by atoms with Gasteiger partial charge in [0.15, 0.2) is 0 Å². The van der Waals surface area contributed by atoms with Crippen molar-refractivity contribution in [3.8, 4) is 0 Å². The third-order valence-corrected chi connectivity index (χ3v) is 3.55. The zero-order chi connectivity index (χ0) is 15.7. The van der Waals surface area contributed by atoms with Crippen molar-refractivity contribution in [1.82, 2.24) is 10.2 Å². The largest absolute Gasteiger partial charge is 0.399 e. The Morgan fingerprint density at radius 1 is 1.24 bits per heavy atom. The predicted octanol–water partition coefficient (Wildman–Crippen LogP) is 2.90. The van der Waals surface area contributed by atoms with Gasteiger partial charge in [-0.05, 0) is 63.7 Å². The summed E-state index contributed by atoms with van der Waals surface area (Å²) in [6, 6.07) is 7.11. The lowest BCUT2D eigenvalue weighted by Gasteiger charge is -2.20. The SMILES string of the molecule is CCN(CC)CCCC(C)NC(=O)Nc1ccc(N)cc1. The van der Waals surface area contributed by atoms with Gasteiger partial charge in [0, 0.05) is 17.4 Å². The molecule has 0 fully saturated rings. The molecule has 0 spiro atoms. The summed E-state index contributed by atoms with van der Waals surface area (Å²) < 4.78 is 0. The summed E-state index contributed by atoms with van der Waals surface area (Å²) in [6.45, 7) is 9.62. The number of nitrogen functional groups attached to an aromatic ring is 1. The van der Waals surface area contributed by atoms with Crippen LogP contribution in [0.2, 0.25) is 0 Å². The van der Waals surface area contributed by atoms with Gasteiger partial charge in [-0.2, -0.15) is 0 Å². The van der Waals surface area contributed by atoms with Gasteiger partial charge >= 0.3 is 6.03 Å². The van der Waals surface area contributed by atoms with Crippen LogP contribution in [0.1, 0.15) is 33.6 Å². The summed E-state index contributed by atoms with van der Waals surface area (Å²) in [4.78, 5) is 14.2. The molecule has 1 atom stereocenters. The summed E-state index contributed by atoms with van der Waals surface area (Å²) in [7, 11) is 0. The number of nitrogens with one attached hydrogen (secondary N) is 2. The number of hydrogen-bond donors (Lipinski definition) is 3. The van der Waals surface area contributed by atoms with Gasteiger partial charge in [0.2, 0.25) is 0 Å². The molecule has 4 N–H and O–H groups in total. The second-order valence-electron chi connectivity index (χ2n) is 5.29. The molecule has 0 heterocycles.